The van der Waals surface area contributed by atoms with Crippen LogP contribution >= 0.6 is 0 Å². The Bertz CT molecular complexity index is 193. The van der Waals surface area contributed by atoms with E-state index in [4.69, 9.17) is 0 Å². The molecule has 2 aliphatic heterocycles. The summed E-state index contributed by atoms with van der Waals surface area (Å²) in [5.41, 5.74) is 0. The third kappa shape index (κ3) is 2.73. The summed E-state index contributed by atoms with van der Waals surface area (Å²) in [7, 11) is 2.27. The van der Waals surface area contributed by atoms with Crippen molar-refractivity contribution in [3.63, 3.8) is 0 Å². The molecule has 2 fully saturated rings. The second-order valence-electron chi connectivity index (χ2n) is 5.16. The van der Waals surface area contributed by atoms with Gasteiger partial charge in [-0.2, -0.15) is 0 Å². The molecular formula is C13H25N2. The maximum atomic E-state index is 2.67. The molecule has 0 saturated carbocycles. The van der Waals surface area contributed by atoms with E-state index >= 15 is 0 Å². The predicted octanol–water partition coefficient (Wildman–Crippen LogP) is 2.02. The number of hydrogen-bond acceptors (Lipinski definition) is 2. The summed E-state index contributed by atoms with van der Waals surface area (Å²) in [6, 6.07) is 0.770. The average molecular weight is 209 g/mol. The van der Waals surface area contributed by atoms with Crippen LogP contribution < -0.4 is 0 Å². The predicted molar refractivity (Wildman–Crippen MR) is 64.8 cm³/mol. The number of rotatable bonds is 2. The van der Waals surface area contributed by atoms with Crippen molar-refractivity contribution in [3.05, 3.63) is 6.42 Å². The third-order valence-corrected chi connectivity index (χ3v) is 4.03. The van der Waals surface area contributed by atoms with E-state index in [0.29, 0.717) is 0 Å². The molecule has 0 N–H and O–H groups in total. The van der Waals surface area contributed by atoms with E-state index in [-0.39, 0.29) is 0 Å². The van der Waals surface area contributed by atoms with Gasteiger partial charge in [0.2, 0.25) is 0 Å². The molecule has 2 heterocycles. The quantitative estimate of drug-likeness (QED) is 0.686. The molecule has 2 rings (SSSR count). The van der Waals surface area contributed by atoms with Gasteiger partial charge in [0.05, 0.1) is 0 Å². The summed E-state index contributed by atoms with van der Waals surface area (Å²) in [5.74, 6) is 0.893. The summed E-state index contributed by atoms with van der Waals surface area (Å²) in [6.45, 7) is 7.45. The van der Waals surface area contributed by atoms with Crippen LogP contribution in [0.25, 0.3) is 0 Å². The Morgan fingerprint density at radius 1 is 1.27 bits per heavy atom. The first kappa shape index (κ1) is 11.4. The van der Waals surface area contributed by atoms with Gasteiger partial charge in [-0.25, -0.2) is 0 Å². The molecular weight excluding hydrogens is 184 g/mol. The van der Waals surface area contributed by atoms with Crippen LogP contribution in [-0.2, 0) is 0 Å². The normalized spacial score (nSPS) is 35.6. The number of nitrogens with zero attached hydrogens (tertiary/aromatic N) is 2. The van der Waals surface area contributed by atoms with E-state index in [1.165, 1.54) is 51.9 Å². The lowest BCUT2D eigenvalue weighted by Crippen LogP contribution is -2.49. The highest BCUT2D eigenvalue weighted by Gasteiger charge is 2.31. The lowest BCUT2D eigenvalue weighted by Gasteiger charge is -2.43. The molecule has 2 saturated heterocycles. The molecule has 87 valence electrons. The minimum Gasteiger partial charge on any atom is -0.306 e. The summed E-state index contributed by atoms with van der Waals surface area (Å²) in [6.07, 6.45) is 8.11. The van der Waals surface area contributed by atoms with E-state index in [9.17, 15) is 0 Å². The average Bonchev–Trinajstić information content (AvgIpc) is 2.29. The molecule has 1 radical (unpaired) electrons. The number of piperidine rings is 2. The Kier molecular flexibility index (Phi) is 4.04. The van der Waals surface area contributed by atoms with Crippen molar-refractivity contribution in [1.29, 1.82) is 0 Å². The van der Waals surface area contributed by atoms with Gasteiger partial charge in [-0.1, -0.05) is 6.92 Å². The van der Waals surface area contributed by atoms with Gasteiger partial charge in [0, 0.05) is 12.6 Å². The van der Waals surface area contributed by atoms with Gasteiger partial charge in [-0.15, -0.1) is 0 Å². The zero-order valence-corrected chi connectivity index (χ0v) is 10.3. The highest BCUT2D eigenvalue weighted by molar-refractivity contribution is 4.95. The lowest BCUT2D eigenvalue weighted by molar-refractivity contribution is 0.0930. The minimum absolute atomic E-state index is 0.770. The maximum absolute atomic E-state index is 2.67. The molecule has 2 unspecified atom stereocenters. The van der Waals surface area contributed by atoms with Crippen LogP contribution in [0.1, 0.15) is 32.6 Å². The molecule has 0 aromatic rings. The van der Waals surface area contributed by atoms with Crippen LogP contribution in [0.4, 0.5) is 0 Å². The van der Waals surface area contributed by atoms with Crippen molar-refractivity contribution in [2.24, 2.45) is 5.92 Å². The van der Waals surface area contributed by atoms with Gasteiger partial charge in [0.25, 0.3) is 0 Å². The van der Waals surface area contributed by atoms with E-state index in [0.717, 1.165) is 12.0 Å². The molecule has 2 atom stereocenters. The Morgan fingerprint density at radius 2 is 2.13 bits per heavy atom. The zero-order valence-electron chi connectivity index (χ0n) is 10.3. The van der Waals surface area contributed by atoms with Gasteiger partial charge < -0.3 is 9.80 Å². The van der Waals surface area contributed by atoms with Crippen LogP contribution in [0.2, 0.25) is 0 Å². The van der Waals surface area contributed by atoms with Gasteiger partial charge in [0.15, 0.2) is 0 Å². The summed E-state index contributed by atoms with van der Waals surface area (Å²) >= 11 is 0. The fraction of sp³-hybridized carbons (Fsp3) is 0.923. The zero-order chi connectivity index (χ0) is 10.7. The van der Waals surface area contributed by atoms with Crippen molar-refractivity contribution in [3.8, 4) is 0 Å². The minimum atomic E-state index is 0.770. The molecule has 2 aliphatic rings. The fourth-order valence-electron chi connectivity index (χ4n) is 3.23. The SMILES string of the molecule is CCN1CCC[CH]C1C1CCCN(C)C1. The van der Waals surface area contributed by atoms with Crippen LogP contribution in [-0.4, -0.2) is 49.1 Å². The maximum Gasteiger partial charge on any atom is 0.0167 e. The number of hydrogen-bond donors (Lipinski definition) is 0. The molecule has 0 aliphatic carbocycles. The Hall–Kier alpha value is -0.0800. The van der Waals surface area contributed by atoms with Crippen LogP contribution in [0.15, 0.2) is 0 Å². The molecule has 15 heavy (non-hydrogen) atoms. The Balaban J connectivity index is 1.94. The molecule has 2 nitrogen and oxygen atoms in total. The molecule has 0 spiro atoms. The van der Waals surface area contributed by atoms with E-state index in [2.05, 4.69) is 30.2 Å². The van der Waals surface area contributed by atoms with Gasteiger partial charge in [-0.05, 0) is 64.7 Å². The summed E-state index contributed by atoms with van der Waals surface area (Å²) in [5, 5.41) is 0. The van der Waals surface area contributed by atoms with Crippen LogP contribution in [0.5, 0.6) is 0 Å². The smallest absolute Gasteiger partial charge is 0.0167 e. The van der Waals surface area contributed by atoms with Crippen molar-refractivity contribution < 1.29 is 0 Å². The number of likely N-dealkylation sites (tertiary alicyclic amines) is 2. The largest absolute Gasteiger partial charge is 0.306 e. The Morgan fingerprint density at radius 3 is 2.87 bits per heavy atom. The van der Waals surface area contributed by atoms with Gasteiger partial charge in [-0.3, -0.25) is 0 Å². The summed E-state index contributed by atoms with van der Waals surface area (Å²) < 4.78 is 0. The van der Waals surface area contributed by atoms with Crippen LogP contribution in [0.3, 0.4) is 0 Å². The standard InChI is InChI=1S/C13H25N2/c1-3-15-10-5-4-8-13(15)12-7-6-9-14(2)11-12/h8,12-13H,3-7,9-11H2,1-2H3. The van der Waals surface area contributed by atoms with Gasteiger partial charge in [0.1, 0.15) is 0 Å². The second kappa shape index (κ2) is 5.31. The summed E-state index contributed by atoms with van der Waals surface area (Å²) in [4.78, 5) is 5.18. The van der Waals surface area contributed by atoms with Crippen molar-refractivity contribution in [2.75, 3.05) is 33.2 Å². The topological polar surface area (TPSA) is 6.48 Å². The monoisotopic (exact) mass is 209 g/mol. The first-order valence-corrected chi connectivity index (χ1v) is 6.57. The second-order valence-corrected chi connectivity index (χ2v) is 5.16. The fourth-order valence-corrected chi connectivity index (χ4v) is 3.23. The van der Waals surface area contributed by atoms with E-state index in [1.54, 1.807) is 0 Å². The van der Waals surface area contributed by atoms with E-state index in [1.807, 2.05) is 0 Å². The molecule has 0 bridgehead atoms. The first-order valence-electron chi connectivity index (χ1n) is 6.57. The Labute approximate surface area is 94.6 Å². The molecule has 0 amide bonds. The van der Waals surface area contributed by atoms with Crippen molar-refractivity contribution in [1.82, 2.24) is 9.80 Å². The highest BCUT2D eigenvalue weighted by Crippen LogP contribution is 2.28. The lowest BCUT2D eigenvalue weighted by atomic mass is 9.85. The third-order valence-electron chi connectivity index (χ3n) is 4.03. The van der Waals surface area contributed by atoms with E-state index < -0.39 is 0 Å². The molecule has 2 heteroatoms. The van der Waals surface area contributed by atoms with Gasteiger partial charge >= 0.3 is 0 Å². The molecule has 0 aromatic heterocycles. The first-order chi connectivity index (χ1) is 7.31. The van der Waals surface area contributed by atoms with Crippen molar-refractivity contribution >= 4 is 0 Å². The molecule has 0 aromatic carbocycles. The highest BCUT2D eigenvalue weighted by atomic mass is 15.2. The van der Waals surface area contributed by atoms with Crippen LogP contribution in [0, 0.1) is 12.3 Å². The van der Waals surface area contributed by atoms with Crippen molar-refractivity contribution in [2.45, 2.75) is 38.6 Å².